The topological polar surface area (TPSA) is 35.5 Å². The fraction of sp³-hybridized carbons (Fsp3) is 1.00. The van der Waals surface area contributed by atoms with Gasteiger partial charge in [-0.25, -0.2) is 0 Å². The molecule has 0 bridgehead atoms. The Morgan fingerprint density at radius 2 is 1.94 bits per heavy atom. The highest BCUT2D eigenvalue weighted by molar-refractivity contribution is 7.99. The molecule has 3 unspecified atom stereocenters. The zero-order chi connectivity index (χ0) is 13.4. The summed E-state index contributed by atoms with van der Waals surface area (Å²) >= 11 is 1.97. The lowest BCUT2D eigenvalue weighted by Crippen LogP contribution is -2.46. The van der Waals surface area contributed by atoms with E-state index in [1.165, 1.54) is 25.7 Å². The number of nitrogens with zero attached hydrogens (tertiary/aromatic N) is 1. The maximum Gasteiger partial charge on any atom is 0.0791 e. The van der Waals surface area contributed by atoms with Crippen LogP contribution in [0.25, 0.3) is 0 Å². The highest BCUT2D eigenvalue weighted by Gasteiger charge is 2.24. The fourth-order valence-electron chi connectivity index (χ4n) is 2.74. The molecule has 0 aliphatic heterocycles. The molecular weight excluding hydrogens is 244 g/mol. The van der Waals surface area contributed by atoms with Gasteiger partial charge in [0.2, 0.25) is 0 Å². The third-order valence-electron chi connectivity index (χ3n) is 3.98. The van der Waals surface area contributed by atoms with Gasteiger partial charge in [-0.2, -0.15) is 11.8 Å². The molecule has 1 fully saturated rings. The van der Waals surface area contributed by atoms with Crippen LogP contribution >= 0.6 is 11.8 Å². The van der Waals surface area contributed by atoms with E-state index in [9.17, 15) is 5.11 Å². The monoisotopic (exact) mass is 274 g/mol. The Morgan fingerprint density at radius 3 is 2.56 bits per heavy atom. The Balaban J connectivity index is 2.25. The van der Waals surface area contributed by atoms with Crippen LogP contribution < -0.4 is 5.32 Å². The van der Waals surface area contributed by atoms with Crippen LogP contribution in [0.15, 0.2) is 0 Å². The van der Waals surface area contributed by atoms with E-state index in [0.717, 1.165) is 31.4 Å². The van der Waals surface area contributed by atoms with Crippen LogP contribution in [0, 0.1) is 0 Å². The molecule has 3 atom stereocenters. The summed E-state index contributed by atoms with van der Waals surface area (Å²) in [5, 5.41) is 14.4. The van der Waals surface area contributed by atoms with E-state index >= 15 is 0 Å². The van der Waals surface area contributed by atoms with E-state index in [-0.39, 0.29) is 6.10 Å². The number of hydrogen-bond acceptors (Lipinski definition) is 4. The quantitative estimate of drug-likeness (QED) is 0.709. The molecule has 18 heavy (non-hydrogen) atoms. The SMILES string of the molecule is CCN(CC)CC(O)CNC1CCCCC1SC. The van der Waals surface area contributed by atoms with Gasteiger partial charge in [0.25, 0.3) is 0 Å². The number of rotatable bonds is 8. The van der Waals surface area contributed by atoms with Crippen molar-refractivity contribution in [3.05, 3.63) is 0 Å². The zero-order valence-corrected chi connectivity index (χ0v) is 13.0. The van der Waals surface area contributed by atoms with Gasteiger partial charge >= 0.3 is 0 Å². The van der Waals surface area contributed by atoms with Gasteiger partial charge in [0.1, 0.15) is 0 Å². The number of thioether (sulfide) groups is 1. The Kier molecular flexibility index (Phi) is 8.31. The molecule has 0 amide bonds. The van der Waals surface area contributed by atoms with Crippen LogP contribution in [0.5, 0.6) is 0 Å². The Labute approximate surface area is 117 Å². The summed E-state index contributed by atoms with van der Waals surface area (Å²) in [6, 6.07) is 0.597. The third kappa shape index (κ3) is 5.47. The second kappa shape index (κ2) is 9.18. The van der Waals surface area contributed by atoms with E-state index in [2.05, 4.69) is 30.3 Å². The molecule has 0 saturated heterocycles. The molecule has 2 N–H and O–H groups in total. The first-order valence-electron chi connectivity index (χ1n) is 7.37. The highest BCUT2D eigenvalue weighted by atomic mass is 32.2. The maximum atomic E-state index is 10.1. The molecule has 1 aliphatic rings. The average Bonchev–Trinajstić information content (AvgIpc) is 2.42. The summed E-state index contributed by atoms with van der Waals surface area (Å²) in [6.07, 6.45) is 7.26. The van der Waals surface area contributed by atoms with Crippen LogP contribution in [0.4, 0.5) is 0 Å². The molecule has 0 radical (unpaired) electrons. The number of nitrogens with one attached hydrogen (secondary N) is 1. The molecule has 0 aromatic carbocycles. The van der Waals surface area contributed by atoms with Crippen molar-refractivity contribution in [2.24, 2.45) is 0 Å². The van der Waals surface area contributed by atoms with Gasteiger partial charge in [-0.3, -0.25) is 0 Å². The van der Waals surface area contributed by atoms with E-state index in [1.54, 1.807) is 0 Å². The van der Waals surface area contributed by atoms with Crippen LogP contribution in [-0.2, 0) is 0 Å². The Bertz CT molecular complexity index is 212. The highest BCUT2D eigenvalue weighted by Crippen LogP contribution is 2.26. The summed E-state index contributed by atoms with van der Waals surface area (Å²) < 4.78 is 0. The lowest BCUT2D eigenvalue weighted by molar-refractivity contribution is 0.112. The average molecular weight is 274 g/mol. The standard InChI is InChI=1S/C14H30N2OS/c1-4-16(5-2)11-12(17)10-15-13-8-6-7-9-14(13)18-3/h12-15,17H,4-11H2,1-3H3. The number of hydrogen-bond donors (Lipinski definition) is 2. The van der Waals surface area contributed by atoms with Crippen LogP contribution in [0.3, 0.4) is 0 Å². The van der Waals surface area contributed by atoms with Gasteiger partial charge in [0, 0.05) is 24.4 Å². The summed E-state index contributed by atoms with van der Waals surface area (Å²) in [6.45, 7) is 7.85. The predicted octanol–water partition coefficient (Wildman–Crippen LogP) is 1.95. The predicted molar refractivity (Wildman–Crippen MR) is 81.4 cm³/mol. The first kappa shape index (κ1) is 16.3. The third-order valence-corrected chi connectivity index (χ3v) is 5.15. The lowest BCUT2D eigenvalue weighted by Gasteiger charge is -2.32. The number of aliphatic hydroxyl groups excluding tert-OH is 1. The van der Waals surface area contributed by atoms with Crippen molar-refractivity contribution in [2.75, 3.05) is 32.4 Å². The Morgan fingerprint density at radius 1 is 1.28 bits per heavy atom. The molecule has 0 aromatic rings. The molecule has 1 rings (SSSR count). The number of likely N-dealkylation sites (N-methyl/N-ethyl adjacent to an activating group) is 1. The van der Waals surface area contributed by atoms with Crippen molar-refractivity contribution in [2.45, 2.75) is 56.9 Å². The van der Waals surface area contributed by atoms with Gasteiger partial charge < -0.3 is 15.3 Å². The van der Waals surface area contributed by atoms with Crippen LogP contribution in [0.1, 0.15) is 39.5 Å². The zero-order valence-electron chi connectivity index (χ0n) is 12.2. The number of aliphatic hydroxyl groups is 1. The van der Waals surface area contributed by atoms with Crippen molar-refractivity contribution < 1.29 is 5.11 Å². The van der Waals surface area contributed by atoms with Gasteiger partial charge in [-0.15, -0.1) is 0 Å². The molecule has 4 heteroatoms. The molecule has 0 spiro atoms. The maximum absolute atomic E-state index is 10.1. The molecular formula is C14H30N2OS. The minimum Gasteiger partial charge on any atom is -0.390 e. The fourth-order valence-corrected chi connectivity index (χ4v) is 3.71. The van der Waals surface area contributed by atoms with E-state index in [4.69, 9.17) is 0 Å². The second-order valence-electron chi connectivity index (χ2n) is 5.21. The van der Waals surface area contributed by atoms with E-state index in [0.29, 0.717) is 6.04 Å². The van der Waals surface area contributed by atoms with Crippen LogP contribution in [-0.4, -0.2) is 59.8 Å². The second-order valence-corrected chi connectivity index (χ2v) is 6.29. The van der Waals surface area contributed by atoms with Crippen molar-refractivity contribution in [3.8, 4) is 0 Å². The van der Waals surface area contributed by atoms with Crippen molar-refractivity contribution in [1.29, 1.82) is 0 Å². The summed E-state index contributed by atoms with van der Waals surface area (Å²) in [4.78, 5) is 2.28. The molecule has 1 aliphatic carbocycles. The lowest BCUT2D eigenvalue weighted by atomic mass is 9.95. The first-order valence-corrected chi connectivity index (χ1v) is 8.66. The summed E-state index contributed by atoms with van der Waals surface area (Å²) in [5.74, 6) is 0. The van der Waals surface area contributed by atoms with E-state index < -0.39 is 0 Å². The smallest absolute Gasteiger partial charge is 0.0791 e. The normalized spacial score (nSPS) is 26.5. The Hall–Kier alpha value is 0.230. The summed E-state index contributed by atoms with van der Waals surface area (Å²) in [7, 11) is 0. The van der Waals surface area contributed by atoms with Gasteiger partial charge in [0.15, 0.2) is 0 Å². The first-order chi connectivity index (χ1) is 8.71. The van der Waals surface area contributed by atoms with Crippen molar-refractivity contribution in [1.82, 2.24) is 10.2 Å². The van der Waals surface area contributed by atoms with Crippen molar-refractivity contribution >= 4 is 11.8 Å². The van der Waals surface area contributed by atoms with E-state index in [1.807, 2.05) is 11.8 Å². The van der Waals surface area contributed by atoms with Crippen molar-refractivity contribution in [3.63, 3.8) is 0 Å². The molecule has 108 valence electrons. The van der Waals surface area contributed by atoms with Gasteiger partial charge in [-0.1, -0.05) is 26.7 Å². The molecule has 3 nitrogen and oxygen atoms in total. The van der Waals surface area contributed by atoms with Gasteiger partial charge in [-0.05, 0) is 32.2 Å². The minimum absolute atomic E-state index is 0.241. The largest absolute Gasteiger partial charge is 0.390 e. The van der Waals surface area contributed by atoms with Crippen LogP contribution in [0.2, 0.25) is 0 Å². The molecule has 0 heterocycles. The molecule has 0 aromatic heterocycles. The van der Waals surface area contributed by atoms with Gasteiger partial charge in [0.05, 0.1) is 6.10 Å². The minimum atomic E-state index is -0.241. The summed E-state index contributed by atoms with van der Waals surface area (Å²) in [5.41, 5.74) is 0. The molecule has 1 saturated carbocycles.